The van der Waals surface area contributed by atoms with Gasteiger partial charge in [0.2, 0.25) is 11.8 Å². The topological polar surface area (TPSA) is 52.6 Å². The number of thiophene rings is 1. The predicted molar refractivity (Wildman–Crippen MR) is 127 cm³/mol. The van der Waals surface area contributed by atoms with Crippen molar-refractivity contribution in [3.8, 4) is 0 Å². The second kappa shape index (κ2) is 8.93. The van der Waals surface area contributed by atoms with Crippen molar-refractivity contribution in [2.45, 2.75) is 11.8 Å². The summed E-state index contributed by atoms with van der Waals surface area (Å²) < 4.78 is 0. The molecule has 0 aliphatic carbocycles. The Morgan fingerprint density at radius 1 is 1.13 bits per heavy atom. The van der Waals surface area contributed by atoms with Gasteiger partial charge in [-0.25, -0.2) is 0 Å². The molecule has 0 radical (unpaired) electrons. The van der Waals surface area contributed by atoms with Crippen LogP contribution in [0.1, 0.15) is 15.8 Å². The van der Waals surface area contributed by atoms with Crippen molar-refractivity contribution in [3.05, 3.63) is 76.5 Å². The number of nitrogens with one attached hydrogen (secondary N) is 1. The number of thioether (sulfide) groups is 1. The van der Waals surface area contributed by atoms with Gasteiger partial charge in [0.05, 0.1) is 12.2 Å². The minimum absolute atomic E-state index is 0.0409. The molecule has 2 heterocycles. The molecule has 0 spiro atoms. The third-order valence-electron chi connectivity index (χ3n) is 4.88. The number of carbonyl (C=O) groups excluding carboxylic acids is 2. The van der Waals surface area contributed by atoms with Gasteiger partial charge >= 0.3 is 0 Å². The number of nitrogens with zero attached hydrogens (tertiary/aromatic N) is 2. The van der Waals surface area contributed by atoms with Crippen LogP contribution in [0.4, 0.5) is 17.1 Å². The first kappa shape index (κ1) is 20.5. The molecule has 1 aliphatic heterocycles. The Bertz CT molecular complexity index is 1030. The van der Waals surface area contributed by atoms with Crippen LogP contribution in [-0.4, -0.2) is 31.7 Å². The van der Waals surface area contributed by atoms with Gasteiger partial charge in [0.25, 0.3) is 0 Å². The number of anilines is 3. The molecule has 1 N–H and O–H groups in total. The second-order valence-electron chi connectivity index (χ2n) is 7.27. The normalized spacial score (nSPS) is 16.0. The van der Waals surface area contributed by atoms with Gasteiger partial charge in [-0.15, -0.1) is 23.1 Å². The number of benzene rings is 2. The molecule has 0 bridgehead atoms. The molecule has 30 heavy (non-hydrogen) atoms. The average Bonchev–Trinajstić information content (AvgIpc) is 3.37. The highest BCUT2D eigenvalue weighted by Crippen LogP contribution is 2.42. The van der Waals surface area contributed by atoms with Crippen LogP contribution in [0.25, 0.3) is 0 Å². The molecule has 1 aliphatic rings. The summed E-state index contributed by atoms with van der Waals surface area (Å²) in [5, 5.41) is 4.83. The zero-order chi connectivity index (χ0) is 21.1. The summed E-state index contributed by atoms with van der Waals surface area (Å²) in [6.45, 7) is 0. The van der Waals surface area contributed by atoms with Gasteiger partial charge in [-0.05, 0) is 53.4 Å². The van der Waals surface area contributed by atoms with Crippen LogP contribution < -0.4 is 15.1 Å². The van der Waals surface area contributed by atoms with Crippen LogP contribution in [0.5, 0.6) is 0 Å². The summed E-state index contributed by atoms with van der Waals surface area (Å²) in [6, 6.07) is 19.7. The Labute approximate surface area is 184 Å². The van der Waals surface area contributed by atoms with Crippen molar-refractivity contribution in [3.63, 3.8) is 0 Å². The molecule has 1 aromatic heterocycles. The number of rotatable bonds is 6. The quantitative estimate of drug-likeness (QED) is 0.603. The van der Waals surface area contributed by atoms with Crippen molar-refractivity contribution in [2.75, 3.05) is 35.0 Å². The minimum atomic E-state index is -0.114. The Hall–Kier alpha value is -2.77. The molecule has 5 nitrogen and oxygen atoms in total. The summed E-state index contributed by atoms with van der Waals surface area (Å²) in [4.78, 5) is 29.9. The largest absolute Gasteiger partial charge is 0.378 e. The average molecular weight is 438 g/mol. The highest BCUT2D eigenvalue weighted by molar-refractivity contribution is 8.00. The van der Waals surface area contributed by atoms with E-state index < -0.39 is 0 Å². The van der Waals surface area contributed by atoms with Gasteiger partial charge in [-0.3, -0.25) is 14.5 Å². The molecule has 1 atom stereocenters. The highest BCUT2D eigenvalue weighted by atomic mass is 32.2. The molecule has 0 unspecified atom stereocenters. The third kappa shape index (κ3) is 4.52. The van der Waals surface area contributed by atoms with E-state index in [9.17, 15) is 9.59 Å². The molecule has 1 fully saturated rings. The maximum atomic E-state index is 12.6. The zero-order valence-corrected chi connectivity index (χ0v) is 18.5. The van der Waals surface area contributed by atoms with E-state index in [2.05, 4.69) is 5.32 Å². The van der Waals surface area contributed by atoms with Crippen LogP contribution >= 0.6 is 23.1 Å². The predicted octanol–water partition coefficient (Wildman–Crippen LogP) is 4.77. The number of carbonyl (C=O) groups is 2. The standard InChI is InChI=1S/C23H23N3O2S2/c1-25(2)18-8-10-19(11-9-18)26-22(28)15-30-23(26)16-5-3-6-17(13-16)24-21(27)14-20-7-4-12-29-20/h3-13,23H,14-15H2,1-2H3,(H,24,27)/t23-/m0/s1. The smallest absolute Gasteiger partial charge is 0.238 e. The van der Waals surface area contributed by atoms with Crippen molar-refractivity contribution in [1.29, 1.82) is 0 Å². The van der Waals surface area contributed by atoms with E-state index >= 15 is 0 Å². The first-order valence-electron chi connectivity index (χ1n) is 9.64. The fraction of sp³-hybridized carbons (Fsp3) is 0.217. The van der Waals surface area contributed by atoms with E-state index in [1.54, 1.807) is 23.1 Å². The van der Waals surface area contributed by atoms with Gasteiger partial charge in [-0.2, -0.15) is 0 Å². The fourth-order valence-electron chi connectivity index (χ4n) is 3.41. The van der Waals surface area contributed by atoms with Crippen LogP contribution in [0.3, 0.4) is 0 Å². The molecule has 7 heteroatoms. The van der Waals surface area contributed by atoms with E-state index in [1.165, 1.54) is 0 Å². The minimum Gasteiger partial charge on any atom is -0.378 e. The number of hydrogen-bond acceptors (Lipinski definition) is 5. The first-order valence-corrected chi connectivity index (χ1v) is 11.6. The molecule has 1 saturated heterocycles. The molecule has 2 amide bonds. The van der Waals surface area contributed by atoms with Gasteiger partial charge in [0.1, 0.15) is 5.37 Å². The van der Waals surface area contributed by atoms with E-state index in [0.29, 0.717) is 12.2 Å². The maximum absolute atomic E-state index is 12.6. The van der Waals surface area contributed by atoms with Crippen LogP contribution in [-0.2, 0) is 16.0 Å². The summed E-state index contributed by atoms with van der Waals surface area (Å²) >= 11 is 3.18. The Balaban J connectivity index is 1.52. The summed E-state index contributed by atoms with van der Waals surface area (Å²) in [5.41, 5.74) is 3.71. The first-order chi connectivity index (χ1) is 14.5. The monoisotopic (exact) mass is 437 g/mol. The fourth-order valence-corrected chi connectivity index (χ4v) is 5.28. The lowest BCUT2D eigenvalue weighted by molar-refractivity contribution is -0.116. The third-order valence-corrected chi connectivity index (χ3v) is 6.97. The van der Waals surface area contributed by atoms with Gasteiger partial charge < -0.3 is 10.2 Å². The Morgan fingerprint density at radius 2 is 1.93 bits per heavy atom. The van der Waals surface area contributed by atoms with Crippen LogP contribution in [0.2, 0.25) is 0 Å². The van der Waals surface area contributed by atoms with Gasteiger partial charge in [0, 0.05) is 36.0 Å². The van der Waals surface area contributed by atoms with Crippen molar-refractivity contribution >= 4 is 52.0 Å². The Morgan fingerprint density at radius 3 is 2.63 bits per heavy atom. The van der Waals surface area contributed by atoms with Gasteiger partial charge in [0.15, 0.2) is 0 Å². The van der Waals surface area contributed by atoms with E-state index in [-0.39, 0.29) is 17.2 Å². The van der Waals surface area contributed by atoms with Crippen molar-refractivity contribution < 1.29 is 9.59 Å². The van der Waals surface area contributed by atoms with Crippen molar-refractivity contribution in [2.24, 2.45) is 0 Å². The van der Waals surface area contributed by atoms with Crippen LogP contribution in [0, 0.1) is 0 Å². The maximum Gasteiger partial charge on any atom is 0.238 e. The molecule has 2 aromatic carbocycles. The van der Waals surface area contributed by atoms with E-state index in [0.717, 1.165) is 27.5 Å². The summed E-state index contributed by atoms with van der Waals surface area (Å²) in [6.07, 6.45) is 0.364. The molecule has 154 valence electrons. The second-order valence-corrected chi connectivity index (χ2v) is 9.37. The van der Waals surface area contributed by atoms with Gasteiger partial charge in [-0.1, -0.05) is 18.2 Å². The molecule has 4 rings (SSSR count). The lowest BCUT2D eigenvalue weighted by Crippen LogP contribution is -2.28. The van der Waals surface area contributed by atoms with Crippen LogP contribution in [0.15, 0.2) is 66.0 Å². The Kier molecular flexibility index (Phi) is 6.11. The summed E-state index contributed by atoms with van der Waals surface area (Å²) in [5.74, 6) is 0.491. The highest BCUT2D eigenvalue weighted by Gasteiger charge is 2.34. The van der Waals surface area contributed by atoms with E-state index in [1.807, 2.05) is 89.9 Å². The van der Waals surface area contributed by atoms with E-state index in [4.69, 9.17) is 0 Å². The SMILES string of the molecule is CN(C)c1ccc(N2C(=O)CS[C@H]2c2cccc(NC(=O)Cc3cccs3)c2)cc1. The lowest BCUT2D eigenvalue weighted by Gasteiger charge is -2.25. The van der Waals surface area contributed by atoms with Crippen molar-refractivity contribution in [1.82, 2.24) is 0 Å². The molecule has 3 aromatic rings. The zero-order valence-electron chi connectivity index (χ0n) is 16.9. The molecular weight excluding hydrogens is 414 g/mol. The molecule has 0 saturated carbocycles. The number of amides is 2. The number of hydrogen-bond donors (Lipinski definition) is 1. The molecular formula is C23H23N3O2S2. The lowest BCUT2D eigenvalue weighted by atomic mass is 10.1. The summed E-state index contributed by atoms with van der Waals surface area (Å²) in [7, 11) is 3.99.